The first-order chi connectivity index (χ1) is 14.4. The van der Waals surface area contributed by atoms with Gasteiger partial charge in [-0.25, -0.2) is 0 Å². The van der Waals surface area contributed by atoms with Gasteiger partial charge in [0.25, 0.3) is 5.91 Å². The highest BCUT2D eigenvalue weighted by atomic mass is 19.4. The number of benzene rings is 1. The average molecular weight is 411 g/mol. The summed E-state index contributed by atoms with van der Waals surface area (Å²) in [6, 6.07) is 9.58. The first kappa shape index (κ1) is 19.7. The normalized spacial score (nSPS) is 13.8. The molecule has 3 heterocycles. The van der Waals surface area contributed by atoms with Crippen LogP contribution in [-0.4, -0.2) is 28.3 Å². The number of hydrogen-bond acceptors (Lipinski definition) is 5. The van der Waals surface area contributed by atoms with Crippen molar-refractivity contribution in [2.24, 2.45) is 4.99 Å². The first-order valence-electron chi connectivity index (χ1n) is 9.04. The third-order valence-corrected chi connectivity index (χ3v) is 4.56. The lowest BCUT2D eigenvalue weighted by Gasteiger charge is -2.13. The molecule has 4 rings (SSSR count). The SMILES string of the molecule is O=C(Nc1cccnc1)C1=NCNCc2ccc(-c3cncc(C(F)(F)F)c3)cc21. The number of carbonyl (C=O) groups excluding carboxylic acids is 1. The first-order valence-corrected chi connectivity index (χ1v) is 9.04. The number of nitrogens with one attached hydrogen (secondary N) is 2. The molecule has 30 heavy (non-hydrogen) atoms. The lowest BCUT2D eigenvalue weighted by atomic mass is 9.96. The van der Waals surface area contributed by atoms with Gasteiger partial charge in [0.15, 0.2) is 0 Å². The van der Waals surface area contributed by atoms with Crippen LogP contribution in [0.1, 0.15) is 16.7 Å². The van der Waals surface area contributed by atoms with Gasteiger partial charge in [0.1, 0.15) is 5.71 Å². The molecule has 2 aromatic heterocycles. The molecule has 0 atom stereocenters. The van der Waals surface area contributed by atoms with Gasteiger partial charge in [-0.1, -0.05) is 12.1 Å². The maximum Gasteiger partial charge on any atom is 0.417 e. The predicted octanol–water partition coefficient (Wildman–Crippen LogP) is 3.65. The number of hydrogen-bond donors (Lipinski definition) is 2. The van der Waals surface area contributed by atoms with E-state index in [9.17, 15) is 18.0 Å². The highest BCUT2D eigenvalue weighted by Gasteiger charge is 2.31. The van der Waals surface area contributed by atoms with E-state index in [4.69, 9.17) is 0 Å². The summed E-state index contributed by atoms with van der Waals surface area (Å²) in [6.45, 7) is 0.717. The van der Waals surface area contributed by atoms with Crippen molar-refractivity contribution in [3.63, 3.8) is 0 Å². The number of alkyl halides is 3. The molecule has 0 unspecified atom stereocenters. The van der Waals surface area contributed by atoms with Crippen molar-refractivity contribution < 1.29 is 18.0 Å². The number of nitrogens with zero attached hydrogens (tertiary/aromatic N) is 3. The summed E-state index contributed by atoms with van der Waals surface area (Å²) >= 11 is 0. The van der Waals surface area contributed by atoms with Gasteiger partial charge in [0.05, 0.1) is 24.1 Å². The van der Waals surface area contributed by atoms with Crippen molar-refractivity contribution in [1.29, 1.82) is 0 Å². The molecule has 0 spiro atoms. The molecule has 9 heteroatoms. The molecule has 0 saturated heterocycles. The molecule has 152 valence electrons. The largest absolute Gasteiger partial charge is 0.417 e. The molecule has 0 aliphatic carbocycles. The van der Waals surface area contributed by atoms with Crippen LogP contribution in [0, 0.1) is 0 Å². The van der Waals surface area contributed by atoms with Crippen LogP contribution in [0.4, 0.5) is 18.9 Å². The Bertz CT molecular complexity index is 1110. The number of carbonyl (C=O) groups is 1. The summed E-state index contributed by atoms with van der Waals surface area (Å²) in [5.41, 5.74) is 2.06. The van der Waals surface area contributed by atoms with Crippen molar-refractivity contribution in [2.45, 2.75) is 12.7 Å². The van der Waals surface area contributed by atoms with Gasteiger partial charge in [0.2, 0.25) is 0 Å². The second-order valence-electron chi connectivity index (χ2n) is 6.62. The van der Waals surface area contributed by atoms with Gasteiger partial charge in [-0.05, 0) is 35.4 Å². The fourth-order valence-corrected chi connectivity index (χ4v) is 3.12. The van der Waals surface area contributed by atoms with Crippen LogP contribution >= 0.6 is 0 Å². The maximum atomic E-state index is 13.1. The molecule has 0 fully saturated rings. The third kappa shape index (κ3) is 4.20. The average Bonchev–Trinajstić information content (AvgIpc) is 2.96. The van der Waals surface area contributed by atoms with E-state index in [0.717, 1.165) is 17.8 Å². The minimum Gasteiger partial charge on any atom is -0.319 e. The van der Waals surface area contributed by atoms with Crippen molar-refractivity contribution in [2.75, 3.05) is 12.0 Å². The summed E-state index contributed by atoms with van der Waals surface area (Å²) in [7, 11) is 0. The van der Waals surface area contributed by atoms with Crippen LogP contribution in [0.2, 0.25) is 0 Å². The molecular formula is C21H16F3N5O. The Balaban J connectivity index is 1.72. The number of anilines is 1. The number of halogens is 3. The van der Waals surface area contributed by atoms with E-state index < -0.39 is 17.6 Å². The van der Waals surface area contributed by atoms with E-state index in [-0.39, 0.29) is 12.4 Å². The molecule has 1 aliphatic heterocycles. The summed E-state index contributed by atoms with van der Waals surface area (Å²) in [6.07, 6.45) is 0.755. The van der Waals surface area contributed by atoms with Crippen LogP contribution in [0.5, 0.6) is 0 Å². The van der Waals surface area contributed by atoms with Gasteiger partial charge in [-0.2, -0.15) is 13.2 Å². The van der Waals surface area contributed by atoms with E-state index in [1.807, 2.05) is 0 Å². The van der Waals surface area contributed by atoms with Crippen molar-refractivity contribution in [1.82, 2.24) is 15.3 Å². The minimum atomic E-state index is -4.49. The van der Waals surface area contributed by atoms with E-state index >= 15 is 0 Å². The van der Waals surface area contributed by atoms with Crippen LogP contribution in [-0.2, 0) is 17.5 Å². The Morgan fingerprint density at radius 2 is 1.90 bits per heavy atom. The third-order valence-electron chi connectivity index (χ3n) is 4.56. The second kappa shape index (κ2) is 8.03. The minimum absolute atomic E-state index is 0.195. The van der Waals surface area contributed by atoms with E-state index in [2.05, 4.69) is 25.6 Å². The van der Waals surface area contributed by atoms with Crippen LogP contribution in [0.25, 0.3) is 11.1 Å². The Morgan fingerprint density at radius 3 is 2.67 bits per heavy atom. The summed E-state index contributed by atoms with van der Waals surface area (Å²) in [4.78, 5) is 24.9. The lowest BCUT2D eigenvalue weighted by molar-refractivity contribution is -0.137. The number of amides is 1. The molecule has 1 aromatic carbocycles. The highest BCUT2D eigenvalue weighted by Crippen LogP contribution is 2.32. The fraction of sp³-hybridized carbons (Fsp3) is 0.143. The molecule has 2 N–H and O–H groups in total. The van der Waals surface area contributed by atoms with Gasteiger partial charge < -0.3 is 5.32 Å². The molecule has 0 bridgehead atoms. The smallest absolute Gasteiger partial charge is 0.319 e. The van der Waals surface area contributed by atoms with Gasteiger partial charge >= 0.3 is 6.18 Å². The number of rotatable bonds is 3. The summed E-state index contributed by atoms with van der Waals surface area (Å²) < 4.78 is 39.2. The molecule has 6 nitrogen and oxygen atoms in total. The predicted molar refractivity (Wildman–Crippen MR) is 106 cm³/mol. The zero-order valence-corrected chi connectivity index (χ0v) is 15.6. The van der Waals surface area contributed by atoms with Crippen LogP contribution in [0.15, 0.2) is 66.2 Å². The van der Waals surface area contributed by atoms with Crippen LogP contribution < -0.4 is 10.6 Å². The summed E-state index contributed by atoms with van der Waals surface area (Å²) in [5.74, 6) is -0.424. The zero-order valence-electron chi connectivity index (χ0n) is 15.6. The molecule has 1 amide bonds. The lowest BCUT2D eigenvalue weighted by Crippen LogP contribution is -2.25. The zero-order chi connectivity index (χ0) is 21.1. The monoisotopic (exact) mass is 411 g/mol. The van der Waals surface area contributed by atoms with Gasteiger partial charge in [-0.15, -0.1) is 0 Å². The van der Waals surface area contributed by atoms with E-state index in [1.54, 1.807) is 36.5 Å². The Kier molecular flexibility index (Phi) is 5.28. The standard InChI is InChI=1S/C21H16F3N5O/c22-21(23,24)16-6-15(9-26-10-16)13-3-4-14-8-27-12-28-19(18(14)7-13)20(30)29-17-2-1-5-25-11-17/h1-7,9-11,27H,8,12H2,(H,29,30). The second-order valence-corrected chi connectivity index (χ2v) is 6.62. The number of aliphatic imine (C=N–C) groups is 1. The fourth-order valence-electron chi connectivity index (χ4n) is 3.12. The Hall–Kier alpha value is -3.59. The molecule has 0 saturated carbocycles. The number of fused-ring (bicyclic) bond motifs is 1. The topological polar surface area (TPSA) is 79.3 Å². The number of aromatic nitrogens is 2. The van der Waals surface area contributed by atoms with Crippen LogP contribution in [0.3, 0.4) is 0 Å². The summed E-state index contributed by atoms with van der Waals surface area (Å²) in [5, 5.41) is 5.85. The van der Waals surface area contributed by atoms with Gasteiger partial charge in [-0.3, -0.25) is 25.1 Å². The maximum absolute atomic E-state index is 13.1. The van der Waals surface area contributed by atoms with Crippen molar-refractivity contribution in [3.05, 3.63) is 77.9 Å². The molecule has 0 radical (unpaired) electrons. The van der Waals surface area contributed by atoms with Crippen molar-refractivity contribution >= 4 is 17.3 Å². The van der Waals surface area contributed by atoms with Crippen molar-refractivity contribution in [3.8, 4) is 11.1 Å². The number of pyridine rings is 2. The Morgan fingerprint density at radius 1 is 1.03 bits per heavy atom. The molecule has 1 aliphatic rings. The highest BCUT2D eigenvalue weighted by molar-refractivity contribution is 6.49. The van der Waals surface area contributed by atoms with E-state index in [1.165, 1.54) is 12.4 Å². The van der Waals surface area contributed by atoms with E-state index in [0.29, 0.717) is 28.9 Å². The quantitative estimate of drug-likeness (QED) is 0.690. The van der Waals surface area contributed by atoms with Gasteiger partial charge in [0, 0.05) is 36.3 Å². The molecule has 3 aromatic rings. The molecular weight excluding hydrogens is 395 g/mol. The Labute approximate surface area is 169 Å².